The summed E-state index contributed by atoms with van der Waals surface area (Å²) in [7, 11) is 0. The maximum Gasteiger partial charge on any atom is 0.153 e. The van der Waals surface area contributed by atoms with E-state index in [1.807, 2.05) is 24.3 Å². The van der Waals surface area contributed by atoms with Gasteiger partial charge in [0.25, 0.3) is 0 Å². The lowest BCUT2D eigenvalue weighted by Gasteiger charge is -2.08. The molecule has 0 aliphatic carbocycles. The molecule has 0 heterocycles. The summed E-state index contributed by atoms with van der Waals surface area (Å²) < 4.78 is 7.51. The Bertz CT molecular complexity index is 536. The molecule has 0 atom stereocenters. The number of ether oxygens (including phenoxy) is 1. The lowest BCUT2D eigenvalue weighted by atomic mass is 10.2. The molecular formula is C13H8Br2O2. The summed E-state index contributed by atoms with van der Waals surface area (Å²) in [6.45, 7) is 0. The Morgan fingerprint density at radius 1 is 0.941 bits per heavy atom. The predicted molar refractivity (Wildman–Crippen MR) is 73.7 cm³/mol. The van der Waals surface area contributed by atoms with Crippen LogP contribution in [0.15, 0.2) is 51.4 Å². The Morgan fingerprint density at radius 3 is 2.24 bits per heavy atom. The van der Waals surface area contributed by atoms with Gasteiger partial charge in [-0.2, -0.15) is 0 Å². The van der Waals surface area contributed by atoms with E-state index in [-0.39, 0.29) is 0 Å². The lowest BCUT2D eigenvalue weighted by Crippen LogP contribution is -1.90. The summed E-state index contributed by atoms with van der Waals surface area (Å²) in [5, 5.41) is 0. The first-order chi connectivity index (χ1) is 8.19. The highest BCUT2D eigenvalue weighted by Gasteiger charge is 2.05. The Labute approximate surface area is 116 Å². The van der Waals surface area contributed by atoms with Gasteiger partial charge >= 0.3 is 0 Å². The molecule has 0 aliphatic rings. The second-order valence-electron chi connectivity index (χ2n) is 3.36. The number of carbonyl (C=O) groups excluding carboxylic acids is 1. The van der Waals surface area contributed by atoms with Crippen LogP contribution in [0.1, 0.15) is 10.4 Å². The fourth-order valence-electron chi connectivity index (χ4n) is 1.32. The van der Waals surface area contributed by atoms with E-state index in [1.165, 1.54) is 0 Å². The van der Waals surface area contributed by atoms with Crippen molar-refractivity contribution < 1.29 is 9.53 Å². The van der Waals surface area contributed by atoms with Gasteiger partial charge in [0.15, 0.2) is 6.29 Å². The standard InChI is InChI=1S/C13H8Br2O2/c14-10-3-5-12(6-4-10)17-13-7-11(15)2-1-9(13)8-16/h1-8H. The van der Waals surface area contributed by atoms with Crippen LogP contribution in [0.5, 0.6) is 11.5 Å². The molecule has 0 amide bonds. The van der Waals surface area contributed by atoms with E-state index >= 15 is 0 Å². The molecule has 0 unspecified atom stereocenters. The van der Waals surface area contributed by atoms with Crippen molar-refractivity contribution >= 4 is 38.1 Å². The highest BCUT2D eigenvalue weighted by molar-refractivity contribution is 9.10. The quantitative estimate of drug-likeness (QED) is 0.738. The molecule has 2 aromatic rings. The number of hydrogen-bond donors (Lipinski definition) is 0. The van der Waals surface area contributed by atoms with Crippen LogP contribution in [0.25, 0.3) is 0 Å². The molecule has 2 aromatic carbocycles. The maximum absolute atomic E-state index is 10.9. The molecule has 0 spiro atoms. The van der Waals surface area contributed by atoms with Gasteiger partial charge in [0.1, 0.15) is 11.5 Å². The van der Waals surface area contributed by atoms with Crippen LogP contribution in [0, 0.1) is 0 Å². The van der Waals surface area contributed by atoms with Crippen molar-refractivity contribution in [2.75, 3.05) is 0 Å². The van der Waals surface area contributed by atoms with Gasteiger partial charge in [-0.25, -0.2) is 0 Å². The number of carbonyl (C=O) groups is 1. The van der Waals surface area contributed by atoms with E-state index in [1.54, 1.807) is 18.2 Å². The van der Waals surface area contributed by atoms with E-state index in [4.69, 9.17) is 4.74 Å². The molecule has 2 nitrogen and oxygen atoms in total. The van der Waals surface area contributed by atoms with Crippen molar-refractivity contribution in [3.63, 3.8) is 0 Å². The molecule has 0 saturated heterocycles. The normalized spacial score (nSPS) is 10.0. The van der Waals surface area contributed by atoms with Crippen LogP contribution in [0.3, 0.4) is 0 Å². The van der Waals surface area contributed by atoms with Gasteiger partial charge in [-0.05, 0) is 42.5 Å². The second kappa shape index (κ2) is 5.47. The Hall–Kier alpha value is -1.13. The maximum atomic E-state index is 10.9. The molecule has 0 aromatic heterocycles. The zero-order valence-corrected chi connectivity index (χ0v) is 11.9. The first-order valence-electron chi connectivity index (χ1n) is 4.87. The van der Waals surface area contributed by atoms with Crippen molar-refractivity contribution in [3.8, 4) is 11.5 Å². The summed E-state index contributed by atoms with van der Waals surface area (Å²) in [4.78, 5) is 10.9. The number of aldehydes is 1. The van der Waals surface area contributed by atoms with Crippen molar-refractivity contribution in [1.82, 2.24) is 0 Å². The molecule has 2 rings (SSSR count). The van der Waals surface area contributed by atoms with Crippen LogP contribution in [0.2, 0.25) is 0 Å². The van der Waals surface area contributed by atoms with Crippen molar-refractivity contribution in [2.45, 2.75) is 0 Å². The fraction of sp³-hybridized carbons (Fsp3) is 0. The predicted octanol–water partition coefficient (Wildman–Crippen LogP) is 4.82. The van der Waals surface area contributed by atoms with Gasteiger partial charge in [-0.1, -0.05) is 31.9 Å². The molecule has 86 valence electrons. The Morgan fingerprint density at radius 2 is 1.59 bits per heavy atom. The molecule has 17 heavy (non-hydrogen) atoms. The van der Waals surface area contributed by atoms with Gasteiger partial charge in [-0.15, -0.1) is 0 Å². The molecule has 0 saturated carbocycles. The van der Waals surface area contributed by atoms with E-state index in [2.05, 4.69) is 31.9 Å². The molecule has 4 heteroatoms. The minimum Gasteiger partial charge on any atom is -0.457 e. The fourth-order valence-corrected chi connectivity index (χ4v) is 1.93. The van der Waals surface area contributed by atoms with Crippen LogP contribution in [-0.2, 0) is 0 Å². The van der Waals surface area contributed by atoms with Crippen LogP contribution in [0.4, 0.5) is 0 Å². The van der Waals surface area contributed by atoms with Crippen molar-refractivity contribution in [3.05, 3.63) is 57.0 Å². The first-order valence-corrected chi connectivity index (χ1v) is 6.46. The van der Waals surface area contributed by atoms with Gasteiger partial charge < -0.3 is 4.74 Å². The third kappa shape index (κ3) is 3.17. The zero-order valence-electron chi connectivity index (χ0n) is 8.69. The van der Waals surface area contributed by atoms with Crippen LogP contribution >= 0.6 is 31.9 Å². The third-order valence-corrected chi connectivity index (χ3v) is 3.17. The van der Waals surface area contributed by atoms with E-state index in [9.17, 15) is 4.79 Å². The molecule has 0 aliphatic heterocycles. The van der Waals surface area contributed by atoms with Crippen molar-refractivity contribution in [1.29, 1.82) is 0 Å². The van der Waals surface area contributed by atoms with E-state index in [0.29, 0.717) is 17.1 Å². The first kappa shape index (κ1) is 12.3. The topological polar surface area (TPSA) is 26.3 Å². The molecular weight excluding hydrogens is 348 g/mol. The Kier molecular flexibility index (Phi) is 3.97. The number of rotatable bonds is 3. The average Bonchev–Trinajstić information content (AvgIpc) is 2.32. The lowest BCUT2D eigenvalue weighted by molar-refractivity contribution is 0.112. The highest BCUT2D eigenvalue weighted by atomic mass is 79.9. The summed E-state index contributed by atoms with van der Waals surface area (Å²) in [5.74, 6) is 1.23. The Balaban J connectivity index is 2.31. The third-order valence-electron chi connectivity index (χ3n) is 2.14. The largest absolute Gasteiger partial charge is 0.457 e. The second-order valence-corrected chi connectivity index (χ2v) is 5.19. The summed E-state index contributed by atoms with van der Waals surface area (Å²) in [6.07, 6.45) is 0.778. The monoisotopic (exact) mass is 354 g/mol. The highest BCUT2D eigenvalue weighted by Crippen LogP contribution is 2.28. The van der Waals surface area contributed by atoms with Gasteiger partial charge in [0.05, 0.1) is 5.56 Å². The zero-order chi connectivity index (χ0) is 12.3. The summed E-state index contributed by atoms with van der Waals surface area (Å²) in [6, 6.07) is 12.7. The van der Waals surface area contributed by atoms with Crippen LogP contribution in [-0.4, -0.2) is 6.29 Å². The summed E-state index contributed by atoms with van der Waals surface area (Å²) >= 11 is 6.70. The van der Waals surface area contributed by atoms with Crippen molar-refractivity contribution in [2.24, 2.45) is 0 Å². The smallest absolute Gasteiger partial charge is 0.153 e. The van der Waals surface area contributed by atoms with Crippen LogP contribution < -0.4 is 4.74 Å². The molecule has 0 bridgehead atoms. The SMILES string of the molecule is O=Cc1ccc(Br)cc1Oc1ccc(Br)cc1. The molecule has 0 radical (unpaired) electrons. The minimum atomic E-state index is 0.524. The molecule has 0 fully saturated rings. The van der Waals surface area contributed by atoms with Gasteiger partial charge in [0, 0.05) is 8.95 Å². The van der Waals surface area contributed by atoms with Gasteiger partial charge in [0.2, 0.25) is 0 Å². The van der Waals surface area contributed by atoms with Gasteiger partial charge in [-0.3, -0.25) is 4.79 Å². The van der Waals surface area contributed by atoms with E-state index in [0.717, 1.165) is 15.2 Å². The number of benzene rings is 2. The van der Waals surface area contributed by atoms with E-state index < -0.39 is 0 Å². The summed E-state index contributed by atoms with van der Waals surface area (Å²) in [5.41, 5.74) is 0.524. The average molecular weight is 356 g/mol. The molecule has 0 N–H and O–H groups in total. The minimum absolute atomic E-state index is 0.524. The number of hydrogen-bond acceptors (Lipinski definition) is 2. The number of halogens is 2.